The number of benzene rings is 1. The molecule has 0 bridgehead atoms. The largest absolute Gasteiger partial charge is 0.497 e. The first-order chi connectivity index (χ1) is 9.99. The molecular weight excluding hydrogens is 290 g/mol. The van der Waals surface area contributed by atoms with E-state index < -0.39 is 10.0 Å². The lowest BCUT2D eigenvalue weighted by atomic mass is 10.1. The van der Waals surface area contributed by atoms with Crippen LogP contribution < -0.4 is 14.8 Å². The standard InChI is InChI=1S/C14H19N3O3S/c1-20-12-4-5-13-11(10-12)6-9-16-14(13)15-7-3-8-17-21(2,18)19/h4-6,9-10,17H,3,7-8H2,1-2H3,(H,15,16). The molecule has 1 aromatic carbocycles. The minimum absolute atomic E-state index is 0.407. The Bertz CT molecular complexity index is 716. The SMILES string of the molecule is COc1ccc2c(NCCCNS(C)(=O)=O)nccc2c1. The molecule has 0 aliphatic rings. The molecule has 0 radical (unpaired) electrons. The highest BCUT2D eigenvalue weighted by molar-refractivity contribution is 7.88. The normalized spacial score (nSPS) is 11.5. The molecule has 2 rings (SSSR count). The number of ether oxygens (including phenoxy) is 1. The minimum Gasteiger partial charge on any atom is -0.497 e. The van der Waals surface area contributed by atoms with Crippen LogP contribution in [0.4, 0.5) is 5.82 Å². The number of sulfonamides is 1. The number of fused-ring (bicyclic) bond motifs is 1. The molecule has 1 heterocycles. The molecule has 0 saturated heterocycles. The Hall–Kier alpha value is -1.86. The lowest BCUT2D eigenvalue weighted by Crippen LogP contribution is -2.24. The molecule has 114 valence electrons. The Morgan fingerprint density at radius 3 is 2.76 bits per heavy atom. The van der Waals surface area contributed by atoms with Crippen molar-refractivity contribution in [3.05, 3.63) is 30.5 Å². The number of nitrogens with one attached hydrogen (secondary N) is 2. The van der Waals surface area contributed by atoms with E-state index in [9.17, 15) is 8.42 Å². The van der Waals surface area contributed by atoms with Gasteiger partial charge in [-0.05, 0) is 36.1 Å². The van der Waals surface area contributed by atoms with Crippen molar-refractivity contribution in [1.82, 2.24) is 9.71 Å². The van der Waals surface area contributed by atoms with E-state index in [0.29, 0.717) is 19.5 Å². The monoisotopic (exact) mass is 309 g/mol. The van der Waals surface area contributed by atoms with Crippen LogP contribution >= 0.6 is 0 Å². The number of pyridine rings is 1. The van der Waals surface area contributed by atoms with E-state index in [-0.39, 0.29) is 0 Å². The lowest BCUT2D eigenvalue weighted by Gasteiger charge is -2.09. The highest BCUT2D eigenvalue weighted by Gasteiger charge is 2.04. The quantitative estimate of drug-likeness (QED) is 0.759. The first-order valence-corrected chi connectivity index (χ1v) is 8.50. The third kappa shape index (κ3) is 4.57. The van der Waals surface area contributed by atoms with Gasteiger partial charge >= 0.3 is 0 Å². The maximum atomic E-state index is 10.9. The highest BCUT2D eigenvalue weighted by Crippen LogP contribution is 2.25. The summed E-state index contributed by atoms with van der Waals surface area (Å²) >= 11 is 0. The predicted molar refractivity (Wildman–Crippen MR) is 84.2 cm³/mol. The molecule has 7 heteroatoms. The topological polar surface area (TPSA) is 80.3 Å². The van der Waals surface area contributed by atoms with E-state index >= 15 is 0 Å². The van der Waals surface area contributed by atoms with Crippen LogP contribution in [0.1, 0.15) is 6.42 Å². The Morgan fingerprint density at radius 1 is 1.24 bits per heavy atom. The fraction of sp³-hybridized carbons (Fsp3) is 0.357. The summed E-state index contributed by atoms with van der Waals surface area (Å²) in [5, 5.41) is 5.28. The molecule has 6 nitrogen and oxygen atoms in total. The number of hydrogen-bond donors (Lipinski definition) is 2. The van der Waals surface area contributed by atoms with E-state index in [0.717, 1.165) is 28.6 Å². The zero-order chi connectivity index (χ0) is 15.3. The molecule has 0 atom stereocenters. The number of anilines is 1. The third-order valence-electron chi connectivity index (χ3n) is 2.98. The molecule has 0 unspecified atom stereocenters. The van der Waals surface area contributed by atoms with Crippen LogP contribution in [0.2, 0.25) is 0 Å². The van der Waals surface area contributed by atoms with Crippen LogP contribution in [0.3, 0.4) is 0 Å². The van der Waals surface area contributed by atoms with Gasteiger partial charge in [0.1, 0.15) is 11.6 Å². The average Bonchev–Trinajstić information content (AvgIpc) is 2.45. The van der Waals surface area contributed by atoms with Crippen LogP contribution in [-0.4, -0.2) is 39.9 Å². The molecule has 0 amide bonds. The van der Waals surface area contributed by atoms with Gasteiger partial charge in [0.2, 0.25) is 10.0 Å². The molecule has 0 fully saturated rings. The number of rotatable bonds is 7. The van der Waals surface area contributed by atoms with E-state index in [2.05, 4.69) is 15.0 Å². The molecule has 0 aliphatic carbocycles. The summed E-state index contributed by atoms with van der Waals surface area (Å²) in [6, 6.07) is 7.72. The number of hydrogen-bond acceptors (Lipinski definition) is 5. The van der Waals surface area contributed by atoms with Crippen molar-refractivity contribution in [1.29, 1.82) is 0 Å². The highest BCUT2D eigenvalue weighted by atomic mass is 32.2. The zero-order valence-corrected chi connectivity index (χ0v) is 12.9. The van der Waals surface area contributed by atoms with Crippen molar-refractivity contribution in [3.8, 4) is 5.75 Å². The molecule has 1 aromatic heterocycles. The molecule has 0 spiro atoms. The van der Waals surface area contributed by atoms with Crippen LogP contribution in [0.15, 0.2) is 30.5 Å². The molecule has 2 N–H and O–H groups in total. The van der Waals surface area contributed by atoms with E-state index in [1.165, 1.54) is 0 Å². The minimum atomic E-state index is -3.12. The fourth-order valence-corrected chi connectivity index (χ4v) is 2.49. The average molecular weight is 309 g/mol. The predicted octanol–water partition coefficient (Wildman–Crippen LogP) is 1.59. The number of methoxy groups -OCH3 is 1. The smallest absolute Gasteiger partial charge is 0.208 e. The molecule has 0 saturated carbocycles. The summed E-state index contributed by atoms with van der Waals surface area (Å²) in [6.45, 7) is 1.05. The summed E-state index contributed by atoms with van der Waals surface area (Å²) < 4.78 is 29.5. The van der Waals surface area contributed by atoms with Gasteiger partial charge in [-0.2, -0.15) is 0 Å². The lowest BCUT2D eigenvalue weighted by molar-refractivity contribution is 0.415. The Kier molecular flexibility index (Phi) is 4.98. The van der Waals surface area contributed by atoms with E-state index in [4.69, 9.17) is 4.74 Å². The number of aromatic nitrogens is 1. The summed E-state index contributed by atoms with van der Waals surface area (Å²) in [6.07, 6.45) is 3.57. The van der Waals surface area contributed by atoms with Gasteiger partial charge in [-0.15, -0.1) is 0 Å². The van der Waals surface area contributed by atoms with Crippen LogP contribution in [0.5, 0.6) is 5.75 Å². The summed E-state index contributed by atoms with van der Waals surface area (Å²) in [4.78, 5) is 4.32. The summed E-state index contributed by atoms with van der Waals surface area (Å²) in [7, 11) is -1.48. The second-order valence-corrected chi connectivity index (χ2v) is 6.53. The maximum absolute atomic E-state index is 10.9. The van der Waals surface area contributed by atoms with Gasteiger partial charge in [-0.25, -0.2) is 18.1 Å². The van der Waals surface area contributed by atoms with Gasteiger partial charge in [-0.1, -0.05) is 0 Å². The maximum Gasteiger partial charge on any atom is 0.208 e. The zero-order valence-electron chi connectivity index (χ0n) is 12.1. The van der Waals surface area contributed by atoms with Crippen molar-refractivity contribution < 1.29 is 13.2 Å². The van der Waals surface area contributed by atoms with E-state index in [1.807, 2.05) is 24.3 Å². The van der Waals surface area contributed by atoms with Gasteiger partial charge in [0.25, 0.3) is 0 Å². The Balaban J connectivity index is 1.99. The molecular formula is C14H19N3O3S. The van der Waals surface area contributed by atoms with Crippen molar-refractivity contribution >= 4 is 26.6 Å². The Labute approximate surface area is 124 Å². The third-order valence-corrected chi connectivity index (χ3v) is 3.71. The van der Waals surface area contributed by atoms with E-state index in [1.54, 1.807) is 13.3 Å². The second kappa shape index (κ2) is 6.73. The van der Waals surface area contributed by atoms with Crippen molar-refractivity contribution in [2.75, 3.05) is 31.8 Å². The van der Waals surface area contributed by atoms with Gasteiger partial charge in [0.15, 0.2) is 0 Å². The van der Waals surface area contributed by atoms with Gasteiger partial charge < -0.3 is 10.1 Å². The second-order valence-electron chi connectivity index (χ2n) is 4.69. The van der Waals surface area contributed by atoms with Crippen molar-refractivity contribution in [2.24, 2.45) is 0 Å². The molecule has 2 aromatic rings. The number of nitrogens with zero attached hydrogens (tertiary/aromatic N) is 1. The summed E-state index contributed by atoms with van der Waals surface area (Å²) in [5.74, 6) is 1.59. The van der Waals surface area contributed by atoms with Crippen molar-refractivity contribution in [2.45, 2.75) is 6.42 Å². The summed E-state index contributed by atoms with van der Waals surface area (Å²) in [5.41, 5.74) is 0. The Morgan fingerprint density at radius 2 is 2.05 bits per heavy atom. The van der Waals surface area contributed by atoms with Crippen molar-refractivity contribution in [3.63, 3.8) is 0 Å². The molecule has 0 aliphatic heterocycles. The first-order valence-electron chi connectivity index (χ1n) is 6.61. The fourth-order valence-electron chi connectivity index (χ4n) is 1.98. The van der Waals surface area contributed by atoms with Crippen LogP contribution in [-0.2, 0) is 10.0 Å². The molecule has 21 heavy (non-hydrogen) atoms. The first kappa shape index (κ1) is 15.5. The van der Waals surface area contributed by atoms with Crippen LogP contribution in [0, 0.1) is 0 Å². The van der Waals surface area contributed by atoms with Gasteiger partial charge in [0, 0.05) is 24.7 Å². The van der Waals surface area contributed by atoms with Gasteiger partial charge in [-0.3, -0.25) is 0 Å². The van der Waals surface area contributed by atoms with Gasteiger partial charge in [0.05, 0.1) is 13.4 Å². The van der Waals surface area contributed by atoms with Crippen LogP contribution in [0.25, 0.3) is 10.8 Å².